The number of fused-ring (bicyclic) bond motifs is 1. The van der Waals surface area contributed by atoms with Crippen LogP contribution < -0.4 is 5.32 Å². The average Bonchev–Trinajstić information content (AvgIpc) is 3.39. The molecule has 0 bridgehead atoms. The lowest BCUT2D eigenvalue weighted by Gasteiger charge is -2.15. The minimum absolute atomic E-state index is 0.237. The monoisotopic (exact) mass is 369 g/mol. The van der Waals surface area contributed by atoms with Crippen molar-refractivity contribution in [3.8, 4) is 0 Å². The Kier molecular flexibility index (Phi) is 4.50. The van der Waals surface area contributed by atoms with Gasteiger partial charge >= 0.3 is 0 Å². The van der Waals surface area contributed by atoms with Crippen molar-refractivity contribution in [1.82, 2.24) is 15.5 Å². The van der Waals surface area contributed by atoms with Crippen molar-refractivity contribution < 1.29 is 13.7 Å². The van der Waals surface area contributed by atoms with E-state index in [1.54, 1.807) is 12.3 Å². The van der Waals surface area contributed by atoms with Gasteiger partial charge < -0.3 is 19.2 Å². The fraction of sp³-hybridized carbons (Fsp3) is 0.158. The van der Waals surface area contributed by atoms with Crippen molar-refractivity contribution in [3.63, 3.8) is 0 Å². The van der Waals surface area contributed by atoms with Gasteiger partial charge in [-0.15, -0.1) is 0 Å². The van der Waals surface area contributed by atoms with Crippen LogP contribution in [-0.4, -0.2) is 16.0 Å². The van der Waals surface area contributed by atoms with Crippen LogP contribution in [0.3, 0.4) is 0 Å². The molecule has 26 heavy (non-hydrogen) atoms. The molecule has 132 valence electrons. The van der Waals surface area contributed by atoms with Crippen LogP contribution in [0.2, 0.25) is 5.02 Å². The van der Waals surface area contributed by atoms with Gasteiger partial charge in [-0.1, -0.05) is 16.8 Å². The number of aromatic nitrogens is 2. The highest BCUT2D eigenvalue weighted by molar-refractivity contribution is 6.31. The summed E-state index contributed by atoms with van der Waals surface area (Å²) in [7, 11) is 0. The Morgan fingerprint density at radius 1 is 1.27 bits per heavy atom. The Bertz CT molecular complexity index is 1010. The van der Waals surface area contributed by atoms with Crippen LogP contribution in [0.25, 0.3) is 10.9 Å². The number of nitrogens with one attached hydrogen (secondary N) is 2. The smallest absolute Gasteiger partial charge is 0.274 e. The van der Waals surface area contributed by atoms with Crippen LogP contribution >= 0.6 is 11.6 Å². The van der Waals surface area contributed by atoms with E-state index in [-0.39, 0.29) is 17.6 Å². The lowest BCUT2D eigenvalue weighted by atomic mass is 10.0. The minimum Gasteiger partial charge on any atom is -0.467 e. The Hall–Kier alpha value is -2.99. The number of rotatable bonds is 6. The third-order valence-electron chi connectivity index (χ3n) is 4.29. The lowest BCUT2D eigenvalue weighted by molar-refractivity contribution is 0.0920. The maximum atomic E-state index is 12.3. The summed E-state index contributed by atoms with van der Waals surface area (Å²) in [6, 6.07) is 10.6. The number of carbonyl (C=O) groups excluding carboxylic acids is 1. The van der Waals surface area contributed by atoms with Crippen molar-refractivity contribution in [2.45, 2.75) is 18.9 Å². The second kappa shape index (κ2) is 7.09. The number of nitrogens with zero attached hydrogens (tertiary/aromatic N) is 1. The van der Waals surface area contributed by atoms with E-state index in [9.17, 15) is 4.79 Å². The predicted molar refractivity (Wildman–Crippen MR) is 97.0 cm³/mol. The molecular formula is C19H16ClN3O3. The van der Waals surface area contributed by atoms with Crippen LogP contribution in [0, 0.1) is 0 Å². The molecular weight excluding hydrogens is 354 g/mol. The van der Waals surface area contributed by atoms with E-state index in [4.69, 9.17) is 20.5 Å². The minimum atomic E-state index is -0.304. The van der Waals surface area contributed by atoms with Gasteiger partial charge in [0.15, 0.2) is 5.69 Å². The molecule has 0 radical (unpaired) electrons. The molecule has 2 N–H and O–H groups in total. The normalized spacial score (nSPS) is 12.3. The summed E-state index contributed by atoms with van der Waals surface area (Å²) < 4.78 is 10.2. The summed E-state index contributed by atoms with van der Waals surface area (Å²) in [5, 5.41) is 8.40. The fourth-order valence-electron chi connectivity index (χ4n) is 2.99. The van der Waals surface area contributed by atoms with Gasteiger partial charge in [0, 0.05) is 28.2 Å². The quantitative estimate of drug-likeness (QED) is 0.524. The molecule has 1 amide bonds. The molecule has 3 aromatic heterocycles. The molecule has 0 fully saturated rings. The molecule has 4 aromatic rings. The number of hydrogen-bond donors (Lipinski definition) is 2. The van der Waals surface area contributed by atoms with Crippen LogP contribution in [-0.2, 0) is 6.42 Å². The third kappa shape index (κ3) is 3.36. The fourth-order valence-corrected chi connectivity index (χ4v) is 3.17. The third-order valence-corrected chi connectivity index (χ3v) is 4.53. The van der Waals surface area contributed by atoms with Gasteiger partial charge in [-0.25, -0.2) is 0 Å². The van der Waals surface area contributed by atoms with Crippen molar-refractivity contribution in [1.29, 1.82) is 0 Å². The highest BCUT2D eigenvalue weighted by Gasteiger charge is 2.20. The predicted octanol–water partition coefficient (Wildman–Crippen LogP) is 4.51. The van der Waals surface area contributed by atoms with Crippen LogP contribution in [0.5, 0.6) is 0 Å². The van der Waals surface area contributed by atoms with Crippen molar-refractivity contribution >= 4 is 28.4 Å². The lowest BCUT2D eigenvalue weighted by Crippen LogP contribution is -2.29. The van der Waals surface area contributed by atoms with Gasteiger partial charge in [-0.2, -0.15) is 0 Å². The van der Waals surface area contributed by atoms with Crippen LogP contribution in [0.1, 0.15) is 34.3 Å². The molecule has 7 heteroatoms. The summed E-state index contributed by atoms with van der Waals surface area (Å²) in [6.07, 6.45) is 6.34. The zero-order valence-corrected chi connectivity index (χ0v) is 14.5. The molecule has 1 unspecified atom stereocenters. The summed E-state index contributed by atoms with van der Waals surface area (Å²) in [5.41, 5.74) is 2.40. The van der Waals surface area contributed by atoms with E-state index in [0.717, 1.165) is 22.9 Å². The molecule has 6 nitrogen and oxygen atoms in total. The number of hydrogen-bond acceptors (Lipinski definition) is 4. The largest absolute Gasteiger partial charge is 0.467 e. The van der Waals surface area contributed by atoms with Crippen molar-refractivity contribution in [2.75, 3.05) is 0 Å². The average molecular weight is 370 g/mol. The van der Waals surface area contributed by atoms with Gasteiger partial charge in [0.2, 0.25) is 0 Å². The first-order chi connectivity index (χ1) is 12.7. The Morgan fingerprint density at radius 3 is 2.96 bits per heavy atom. The van der Waals surface area contributed by atoms with Crippen molar-refractivity contribution in [3.05, 3.63) is 77.2 Å². The highest BCUT2D eigenvalue weighted by Crippen LogP contribution is 2.26. The van der Waals surface area contributed by atoms with E-state index in [2.05, 4.69) is 15.5 Å². The first-order valence-corrected chi connectivity index (χ1v) is 8.58. The molecule has 0 saturated carbocycles. The number of amides is 1. The standard InChI is InChI=1S/C19H16ClN3O3/c20-13-4-6-15-14(10-13)12(11-21-15)3-5-16(18-2-1-8-25-18)22-19(24)17-7-9-26-23-17/h1-2,4,6-11,16,21H,3,5H2,(H,22,24). The summed E-state index contributed by atoms with van der Waals surface area (Å²) in [6.45, 7) is 0. The topological polar surface area (TPSA) is 84.1 Å². The molecule has 0 aliphatic heterocycles. The number of furan rings is 1. The van der Waals surface area contributed by atoms with E-state index >= 15 is 0 Å². The number of H-pyrrole nitrogens is 1. The molecule has 1 aromatic carbocycles. The molecule has 1 atom stereocenters. The van der Waals surface area contributed by atoms with Gasteiger partial charge in [0.25, 0.3) is 5.91 Å². The number of aryl methyl sites for hydroxylation is 1. The Labute approximate surface area is 154 Å². The van der Waals surface area contributed by atoms with E-state index in [1.165, 1.54) is 12.3 Å². The molecule has 0 spiro atoms. The van der Waals surface area contributed by atoms with Gasteiger partial charge in [-0.3, -0.25) is 4.79 Å². The van der Waals surface area contributed by atoms with Gasteiger partial charge in [0.05, 0.1) is 12.3 Å². The van der Waals surface area contributed by atoms with Crippen LogP contribution in [0.4, 0.5) is 0 Å². The summed E-state index contributed by atoms with van der Waals surface area (Å²) in [4.78, 5) is 15.6. The zero-order chi connectivity index (χ0) is 17.9. The molecule has 4 rings (SSSR count). The summed E-state index contributed by atoms with van der Waals surface area (Å²) in [5.74, 6) is 0.391. The van der Waals surface area contributed by atoms with Gasteiger partial charge in [0.1, 0.15) is 12.0 Å². The zero-order valence-electron chi connectivity index (χ0n) is 13.7. The van der Waals surface area contributed by atoms with Crippen LogP contribution in [0.15, 0.2) is 64.1 Å². The van der Waals surface area contributed by atoms with Crippen molar-refractivity contribution in [2.24, 2.45) is 0 Å². The SMILES string of the molecule is O=C(NC(CCc1c[nH]c2ccc(Cl)cc12)c1ccco1)c1ccon1. The number of halogens is 1. The first kappa shape index (κ1) is 16.5. The molecule has 3 heterocycles. The highest BCUT2D eigenvalue weighted by atomic mass is 35.5. The Balaban J connectivity index is 1.53. The Morgan fingerprint density at radius 2 is 2.19 bits per heavy atom. The molecule has 0 saturated heterocycles. The maximum Gasteiger partial charge on any atom is 0.274 e. The number of carbonyl (C=O) groups is 1. The second-order valence-electron chi connectivity index (χ2n) is 5.97. The second-order valence-corrected chi connectivity index (χ2v) is 6.41. The molecule has 0 aliphatic carbocycles. The maximum absolute atomic E-state index is 12.3. The van der Waals surface area contributed by atoms with E-state index < -0.39 is 0 Å². The number of benzene rings is 1. The van der Waals surface area contributed by atoms with Gasteiger partial charge in [-0.05, 0) is 48.7 Å². The number of aromatic amines is 1. The molecule has 0 aliphatic rings. The summed E-state index contributed by atoms with van der Waals surface area (Å²) >= 11 is 6.12. The van der Waals surface area contributed by atoms with E-state index in [1.807, 2.05) is 30.5 Å². The van der Waals surface area contributed by atoms with E-state index in [0.29, 0.717) is 17.2 Å². The first-order valence-electron chi connectivity index (χ1n) is 8.21.